The molecule has 2 aromatic carbocycles. The molecule has 1 saturated carbocycles. The van der Waals surface area contributed by atoms with Crippen LogP contribution in [0.1, 0.15) is 38.2 Å². The van der Waals surface area contributed by atoms with Gasteiger partial charge in [-0.05, 0) is 73.6 Å². The number of pyridine rings is 1. The molecule has 0 bridgehead atoms. The molecule has 0 radical (unpaired) electrons. The van der Waals surface area contributed by atoms with Gasteiger partial charge in [-0.3, -0.25) is 4.72 Å². The van der Waals surface area contributed by atoms with Crippen molar-refractivity contribution in [3.8, 4) is 17.0 Å². The number of nitrogens with one attached hydrogen (secondary N) is 2. The van der Waals surface area contributed by atoms with Gasteiger partial charge in [0.25, 0.3) is 10.0 Å². The number of amides is 1. The summed E-state index contributed by atoms with van der Waals surface area (Å²) in [6, 6.07) is 10.8. The Hall–Kier alpha value is -4.23. The molecule has 0 saturated heterocycles. The van der Waals surface area contributed by atoms with Crippen molar-refractivity contribution in [3.63, 3.8) is 0 Å². The maximum absolute atomic E-state index is 15.3. The van der Waals surface area contributed by atoms with Crippen LogP contribution in [-0.2, 0) is 16.4 Å². The summed E-state index contributed by atoms with van der Waals surface area (Å²) >= 11 is 6.05. The number of hydrogen-bond donors (Lipinski definition) is 3. The summed E-state index contributed by atoms with van der Waals surface area (Å²) in [5.74, 6) is -0.914. The highest BCUT2D eigenvalue weighted by Crippen LogP contribution is 2.36. The van der Waals surface area contributed by atoms with Crippen molar-refractivity contribution >= 4 is 50.4 Å². The topological polar surface area (TPSA) is 147 Å². The summed E-state index contributed by atoms with van der Waals surface area (Å²) < 4.78 is 48.7. The molecular formula is C30H32ClFN6O5S. The third-order valence-corrected chi connectivity index (χ3v) is 9.66. The fourth-order valence-corrected chi connectivity index (χ4v) is 6.94. The number of nitrogens with zero attached hydrogens (tertiary/aromatic N) is 4. The predicted octanol–water partition coefficient (Wildman–Crippen LogP) is 6.19. The SMILES string of the molecule is CCc1cc(-c2cc(F)c(NS(=O)(=O)c3ccccc3Cl)nc2OC)cc2cnc(N[C@H]3CC[C@H](N(C)C(=O)O)CC3)nc12. The number of carbonyl (C=O) groups is 1. The number of anilines is 2. The van der Waals surface area contributed by atoms with Crippen molar-refractivity contribution in [2.24, 2.45) is 0 Å². The molecule has 3 N–H and O–H groups in total. The van der Waals surface area contributed by atoms with Crippen LogP contribution < -0.4 is 14.8 Å². The van der Waals surface area contributed by atoms with Gasteiger partial charge in [-0.2, -0.15) is 4.98 Å². The number of aryl methyl sites for hydroxylation is 1. The largest absolute Gasteiger partial charge is 0.480 e. The Morgan fingerprint density at radius 3 is 2.55 bits per heavy atom. The molecular weight excluding hydrogens is 611 g/mol. The Morgan fingerprint density at radius 1 is 1.16 bits per heavy atom. The minimum atomic E-state index is -4.22. The average Bonchev–Trinajstić information content (AvgIpc) is 3.01. The molecule has 1 amide bonds. The van der Waals surface area contributed by atoms with Crippen LogP contribution in [0.4, 0.5) is 21.0 Å². The van der Waals surface area contributed by atoms with Gasteiger partial charge in [0.1, 0.15) is 4.90 Å². The number of methoxy groups -OCH3 is 1. The highest BCUT2D eigenvalue weighted by atomic mass is 35.5. The lowest BCUT2D eigenvalue weighted by molar-refractivity contribution is 0.125. The van der Waals surface area contributed by atoms with Crippen molar-refractivity contribution < 1.29 is 27.4 Å². The lowest BCUT2D eigenvalue weighted by Crippen LogP contribution is -2.41. The molecule has 44 heavy (non-hydrogen) atoms. The second-order valence-corrected chi connectivity index (χ2v) is 12.6. The Labute approximate surface area is 259 Å². The molecule has 4 aromatic rings. The molecule has 1 aliphatic carbocycles. The average molecular weight is 643 g/mol. The van der Waals surface area contributed by atoms with Gasteiger partial charge in [-0.25, -0.2) is 27.6 Å². The van der Waals surface area contributed by atoms with Gasteiger partial charge >= 0.3 is 6.09 Å². The summed E-state index contributed by atoms with van der Waals surface area (Å²) in [5, 5.41) is 13.4. The van der Waals surface area contributed by atoms with E-state index in [-0.39, 0.29) is 27.9 Å². The number of rotatable bonds is 9. The fraction of sp³-hybridized carbons (Fsp3) is 0.333. The van der Waals surface area contributed by atoms with E-state index < -0.39 is 27.8 Å². The van der Waals surface area contributed by atoms with Crippen molar-refractivity contribution in [1.29, 1.82) is 0 Å². The lowest BCUT2D eigenvalue weighted by Gasteiger charge is -2.33. The standard InChI is InChI=1S/C30H32ClFN6O5S/c1-4-17-13-18(14-19-16-33-29(35-26(17)19)34-20-9-11-21(12-10-20)38(2)30(39)40)22-15-24(32)27(36-28(22)43-3)37-44(41,42)25-8-6-5-7-23(25)31/h5-8,13-16,20-21H,4,9-12H2,1-3H3,(H,36,37)(H,39,40)(H,33,34,35)/t20-,21-. The number of ether oxygens (including phenoxy) is 1. The second-order valence-electron chi connectivity index (χ2n) is 10.6. The van der Waals surface area contributed by atoms with Crippen LogP contribution in [0.15, 0.2) is 53.6 Å². The number of sulfonamides is 1. The van der Waals surface area contributed by atoms with Crippen LogP contribution in [0.3, 0.4) is 0 Å². The molecule has 1 aliphatic rings. The Morgan fingerprint density at radius 2 is 1.89 bits per heavy atom. The minimum Gasteiger partial charge on any atom is -0.480 e. The summed E-state index contributed by atoms with van der Waals surface area (Å²) in [7, 11) is -1.25. The van der Waals surface area contributed by atoms with Gasteiger partial charge in [-0.15, -0.1) is 0 Å². The molecule has 5 rings (SSSR count). The summed E-state index contributed by atoms with van der Waals surface area (Å²) in [4.78, 5) is 25.9. The normalized spacial score (nSPS) is 16.8. The van der Waals surface area contributed by atoms with E-state index in [1.54, 1.807) is 25.4 Å². The third-order valence-electron chi connectivity index (χ3n) is 7.82. The quantitative estimate of drug-likeness (QED) is 0.194. The van der Waals surface area contributed by atoms with Crippen molar-refractivity contribution in [1.82, 2.24) is 19.9 Å². The maximum atomic E-state index is 15.3. The van der Waals surface area contributed by atoms with E-state index in [4.69, 9.17) is 21.3 Å². The molecule has 0 spiro atoms. The van der Waals surface area contributed by atoms with E-state index >= 15 is 4.39 Å². The molecule has 11 nitrogen and oxygen atoms in total. The van der Waals surface area contributed by atoms with Gasteiger partial charge < -0.3 is 20.1 Å². The van der Waals surface area contributed by atoms with Gasteiger partial charge in [0.2, 0.25) is 11.8 Å². The highest BCUT2D eigenvalue weighted by molar-refractivity contribution is 7.92. The Bertz CT molecular complexity index is 1820. The molecule has 2 aromatic heterocycles. The fourth-order valence-electron chi connectivity index (χ4n) is 5.41. The van der Waals surface area contributed by atoms with Crippen molar-refractivity contribution in [2.75, 3.05) is 24.2 Å². The van der Waals surface area contributed by atoms with Crippen molar-refractivity contribution in [2.45, 2.75) is 56.0 Å². The lowest BCUT2D eigenvalue weighted by atomic mass is 9.90. The van der Waals surface area contributed by atoms with E-state index in [1.165, 1.54) is 36.3 Å². The molecule has 1 fully saturated rings. The number of halogens is 2. The van der Waals surface area contributed by atoms with Crippen LogP contribution in [0.25, 0.3) is 22.0 Å². The molecule has 0 unspecified atom stereocenters. The van der Waals surface area contributed by atoms with E-state index in [2.05, 4.69) is 20.0 Å². The van der Waals surface area contributed by atoms with Gasteiger partial charge in [0.05, 0.1) is 17.6 Å². The maximum Gasteiger partial charge on any atom is 0.407 e. The number of fused-ring (bicyclic) bond motifs is 1. The van der Waals surface area contributed by atoms with E-state index in [0.29, 0.717) is 23.5 Å². The van der Waals surface area contributed by atoms with Gasteiger partial charge in [0, 0.05) is 36.3 Å². The molecule has 14 heteroatoms. The molecule has 0 aliphatic heterocycles. The zero-order valence-corrected chi connectivity index (χ0v) is 25.9. The first-order chi connectivity index (χ1) is 21.0. The van der Waals surface area contributed by atoms with Crippen LogP contribution in [0.5, 0.6) is 5.88 Å². The predicted molar refractivity (Wildman–Crippen MR) is 166 cm³/mol. The van der Waals surface area contributed by atoms with Crippen LogP contribution in [0.2, 0.25) is 5.02 Å². The number of aromatic nitrogens is 3. The minimum absolute atomic E-state index is 0.00103. The monoisotopic (exact) mass is 642 g/mol. The van der Waals surface area contributed by atoms with E-state index in [9.17, 15) is 18.3 Å². The number of hydrogen-bond acceptors (Lipinski definition) is 8. The van der Waals surface area contributed by atoms with E-state index in [1.807, 2.05) is 13.0 Å². The Balaban J connectivity index is 1.40. The third kappa shape index (κ3) is 6.48. The zero-order valence-electron chi connectivity index (χ0n) is 24.3. The summed E-state index contributed by atoms with van der Waals surface area (Å²) in [6.45, 7) is 1.98. The molecule has 2 heterocycles. The zero-order chi connectivity index (χ0) is 31.6. The number of benzene rings is 2. The van der Waals surface area contributed by atoms with Gasteiger partial charge in [-0.1, -0.05) is 30.7 Å². The summed E-state index contributed by atoms with van der Waals surface area (Å²) in [5.41, 5.74) is 2.56. The first kappa shape index (κ1) is 31.2. The first-order valence-electron chi connectivity index (χ1n) is 14.0. The van der Waals surface area contributed by atoms with Crippen LogP contribution in [-0.4, -0.2) is 65.7 Å². The molecule has 0 atom stereocenters. The van der Waals surface area contributed by atoms with Crippen molar-refractivity contribution in [3.05, 3.63) is 65.1 Å². The van der Waals surface area contributed by atoms with Crippen LogP contribution in [0, 0.1) is 5.82 Å². The molecule has 232 valence electrons. The Kier molecular flexibility index (Phi) is 9.07. The second kappa shape index (κ2) is 12.8. The smallest absolute Gasteiger partial charge is 0.407 e. The van der Waals surface area contributed by atoms with E-state index in [0.717, 1.165) is 42.1 Å². The van der Waals surface area contributed by atoms with Gasteiger partial charge in [0.15, 0.2) is 11.6 Å². The summed E-state index contributed by atoms with van der Waals surface area (Å²) in [6.07, 6.45) is 4.50. The first-order valence-corrected chi connectivity index (χ1v) is 15.9. The van der Waals surface area contributed by atoms with Crippen LogP contribution >= 0.6 is 11.6 Å². The highest BCUT2D eigenvalue weighted by Gasteiger charge is 2.27. The number of carboxylic acid groups (broad SMARTS) is 1.